The summed E-state index contributed by atoms with van der Waals surface area (Å²) in [5.74, 6) is -0.267. The summed E-state index contributed by atoms with van der Waals surface area (Å²) in [6.45, 7) is 2.30. The van der Waals surface area contributed by atoms with Gasteiger partial charge in [0, 0.05) is 29.9 Å². The van der Waals surface area contributed by atoms with Crippen molar-refractivity contribution in [2.45, 2.75) is 13.5 Å². The van der Waals surface area contributed by atoms with Gasteiger partial charge in [-0.1, -0.05) is 18.2 Å². The quantitative estimate of drug-likeness (QED) is 0.512. The summed E-state index contributed by atoms with van der Waals surface area (Å²) < 4.78 is 6.93. The molecule has 8 nitrogen and oxygen atoms in total. The van der Waals surface area contributed by atoms with Crippen LogP contribution in [0.25, 0.3) is 5.69 Å². The maximum Gasteiger partial charge on any atom is 0.311 e. The number of amides is 1. The summed E-state index contributed by atoms with van der Waals surface area (Å²) >= 11 is 0. The topological polar surface area (TPSA) is 99.3 Å². The van der Waals surface area contributed by atoms with Gasteiger partial charge in [-0.25, -0.2) is 4.68 Å². The van der Waals surface area contributed by atoms with Crippen molar-refractivity contribution in [1.82, 2.24) is 15.1 Å². The first kappa shape index (κ1) is 18.1. The van der Waals surface area contributed by atoms with E-state index in [1.807, 2.05) is 36.5 Å². The zero-order valence-corrected chi connectivity index (χ0v) is 14.7. The second-order valence-electron chi connectivity index (χ2n) is 5.68. The highest BCUT2D eigenvalue weighted by Crippen LogP contribution is 2.28. The SMILES string of the molecule is CCOc1ccc(C(=O)NCc2cnn(-c3ccccc3)c2)cc1[N+](=O)[O-]. The summed E-state index contributed by atoms with van der Waals surface area (Å²) in [5, 5.41) is 18.2. The number of nitro benzene ring substituents is 1. The Hall–Kier alpha value is -3.68. The lowest BCUT2D eigenvalue weighted by atomic mass is 10.1. The predicted molar refractivity (Wildman–Crippen MR) is 99.0 cm³/mol. The fourth-order valence-electron chi connectivity index (χ4n) is 2.54. The highest BCUT2D eigenvalue weighted by molar-refractivity contribution is 5.95. The third kappa shape index (κ3) is 4.30. The molecule has 0 aliphatic rings. The van der Waals surface area contributed by atoms with E-state index in [2.05, 4.69) is 10.4 Å². The molecule has 138 valence electrons. The summed E-state index contributed by atoms with van der Waals surface area (Å²) in [4.78, 5) is 22.9. The van der Waals surface area contributed by atoms with E-state index in [1.165, 1.54) is 18.2 Å². The maximum atomic E-state index is 12.3. The largest absolute Gasteiger partial charge is 0.487 e. The van der Waals surface area contributed by atoms with Crippen molar-refractivity contribution in [1.29, 1.82) is 0 Å². The maximum absolute atomic E-state index is 12.3. The Balaban J connectivity index is 1.68. The van der Waals surface area contributed by atoms with Gasteiger partial charge in [0.15, 0.2) is 5.75 Å². The molecule has 1 heterocycles. The minimum atomic E-state index is -0.564. The predicted octanol–water partition coefficient (Wildman–Crippen LogP) is 3.11. The van der Waals surface area contributed by atoms with E-state index in [1.54, 1.807) is 17.8 Å². The molecule has 3 rings (SSSR count). The molecule has 0 spiro atoms. The van der Waals surface area contributed by atoms with Crippen molar-refractivity contribution in [3.05, 3.63) is 82.2 Å². The van der Waals surface area contributed by atoms with Crippen molar-refractivity contribution >= 4 is 11.6 Å². The molecule has 8 heteroatoms. The molecule has 0 saturated heterocycles. The smallest absolute Gasteiger partial charge is 0.311 e. The number of hydrogen-bond acceptors (Lipinski definition) is 5. The second-order valence-corrected chi connectivity index (χ2v) is 5.68. The Bertz CT molecular complexity index is 953. The van der Waals surface area contributed by atoms with Crippen LogP contribution >= 0.6 is 0 Å². The molecule has 0 unspecified atom stereocenters. The van der Waals surface area contributed by atoms with Crippen LogP contribution in [-0.4, -0.2) is 27.2 Å². The molecule has 1 N–H and O–H groups in total. The molecule has 0 bridgehead atoms. The number of rotatable bonds is 7. The van der Waals surface area contributed by atoms with E-state index in [0.29, 0.717) is 6.61 Å². The van der Waals surface area contributed by atoms with Crippen LogP contribution in [0.4, 0.5) is 5.69 Å². The molecule has 2 aromatic carbocycles. The Kier molecular flexibility index (Phi) is 5.46. The molecular weight excluding hydrogens is 348 g/mol. The zero-order chi connectivity index (χ0) is 19.2. The van der Waals surface area contributed by atoms with Crippen LogP contribution in [0.5, 0.6) is 5.75 Å². The van der Waals surface area contributed by atoms with Gasteiger partial charge in [0.1, 0.15) is 0 Å². The number of aromatic nitrogens is 2. The van der Waals surface area contributed by atoms with Crippen LogP contribution in [0.2, 0.25) is 0 Å². The van der Waals surface area contributed by atoms with Crippen LogP contribution in [0.1, 0.15) is 22.8 Å². The number of nitro groups is 1. The monoisotopic (exact) mass is 366 g/mol. The number of nitrogens with zero attached hydrogens (tertiary/aromatic N) is 3. The number of ether oxygens (including phenoxy) is 1. The third-order valence-corrected chi connectivity index (χ3v) is 3.83. The average molecular weight is 366 g/mol. The summed E-state index contributed by atoms with van der Waals surface area (Å²) in [7, 11) is 0. The van der Waals surface area contributed by atoms with Crippen LogP contribution in [0.15, 0.2) is 60.9 Å². The number of hydrogen-bond donors (Lipinski definition) is 1. The third-order valence-electron chi connectivity index (χ3n) is 3.83. The Morgan fingerprint density at radius 1 is 1.26 bits per heavy atom. The minimum Gasteiger partial charge on any atom is -0.487 e. The number of benzene rings is 2. The van der Waals surface area contributed by atoms with Crippen molar-refractivity contribution in [2.75, 3.05) is 6.61 Å². The van der Waals surface area contributed by atoms with Gasteiger partial charge in [0.05, 0.1) is 23.4 Å². The number of para-hydroxylation sites is 1. The number of nitrogens with one attached hydrogen (secondary N) is 1. The van der Waals surface area contributed by atoms with Crippen molar-refractivity contribution in [3.8, 4) is 11.4 Å². The molecule has 27 heavy (non-hydrogen) atoms. The molecule has 0 atom stereocenters. The molecular formula is C19H18N4O4. The van der Waals surface area contributed by atoms with Crippen LogP contribution < -0.4 is 10.1 Å². The standard InChI is InChI=1S/C19H18N4O4/c1-2-27-18-9-8-15(10-17(18)23(25)26)19(24)20-11-14-12-21-22(13-14)16-6-4-3-5-7-16/h3-10,12-13H,2,11H2,1H3,(H,20,24). The van der Waals surface area contributed by atoms with E-state index >= 15 is 0 Å². The fourth-order valence-corrected chi connectivity index (χ4v) is 2.54. The van der Waals surface area contributed by atoms with Gasteiger partial charge in [0.2, 0.25) is 0 Å². The highest BCUT2D eigenvalue weighted by Gasteiger charge is 2.18. The van der Waals surface area contributed by atoms with Gasteiger partial charge in [-0.15, -0.1) is 0 Å². The second kappa shape index (κ2) is 8.13. The van der Waals surface area contributed by atoms with Crippen LogP contribution in [0.3, 0.4) is 0 Å². The molecule has 3 aromatic rings. The number of carbonyl (C=O) groups excluding carboxylic acids is 1. The minimum absolute atomic E-state index is 0.142. The van der Waals surface area contributed by atoms with E-state index in [-0.39, 0.29) is 23.5 Å². The zero-order valence-electron chi connectivity index (χ0n) is 14.7. The van der Waals surface area contributed by atoms with E-state index in [4.69, 9.17) is 4.74 Å². The molecule has 0 saturated carbocycles. The highest BCUT2D eigenvalue weighted by atomic mass is 16.6. The summed E-state index contributed by atoms with van der Waals surface area (Å²) in [5.41, 5.74) is 1.69. The normalized spacial score (nSPS) is 10.4. The van der Waals surface area contributed by atoms with Gasteiger partial charge in [-0.3, -0.25) is 14.9 Å². The fraction of sp³-hybridized carbons (Fsp3) is 0.158. The summed E-state index contributed by atoms with van der Waals surface area (Å²) in [6.07, 6.45) is 3.48. The Labute approximate surface area is 155 Å². The Morgan fingerprint density at radius 2 is 2.04 bits per heavy atom. The molecule has 1 amide bonds. The van der Waals surface area contributed by atoms with Gasteiger partial charge < -0.3 is 10.1 Å². The molecule has 1 aromatic heterocycles. The first-order valence-electron chi connectivity index (χ1n) is 8.37. The number of carbonyl (C=O) groups is 1. The van der Waals surface area contributed by atoms with Gasteiger partial charge in [0.25, 0.3) is 5.91 Å². The van der Waals surface area contributed by atoms with Crippen LogP contribution in [-0.2, 0) is 6.54 Å². The van der Waals surface area contributed by atoms with E-state index in [9.17, 15) is 14.9 Å². The molecule has 0 fully saturated rings. The summed E-state index contributed by atoms with van der Waals surface area (Å²) in [6, 6.07) is 13.7. The first-order chi connectivity index (χ1) is 13.1. The van der Waals surface area contributed by atoms with Gasteiger partial charge in [-0.2, -0.15) is 5.10 Å². The Morgan fingerprint density at radius 3 is 2.74 bits per heavy atom. The first-order valence-corrected chi connectivity index (χ1v) is 8.37. The van der Waals surface area contributed by atoms with Gasteiger partial charge in [-0.05, 0) is 31.2 Å². The lowest BCUT2D eigenvalue weighted by Gasteiger charge is -2.07. The van der Waals surface area contributed by atoms with E-state index in [0.717, 1.165) is 11.3 Å². The van der Waals surface area contributed by atoms with Crippen molar-refractivity contribution < 1.29 is 14.5 Å². The molecule has 0 radical (unpaired) electrons. The molecule has 0 aliphatic heterocycles. The lowest BCUT2D eigenvalue weighted by Crippen LogP contribution is -2.22. The van der Waals surface area contributed by atoms with Crippen molar-refractivity contribution in [2.24, 2.45) is 0 Å². The average Bonchev–Trinajstić information content (AvgIpc) is 3.16. The molecule has 0 aliphatic carbocycles. The lowest BCUT2D eigenvalue weighted by molar-refractivity contribution is -0.385. The van der Waals surface area contributed by atoms with Gasteiger partial charge >= 0.3 is 5.69 Å². The van der Waals surface area contributed by atoms with E-state index < -0.39 is 10.8 Å². The van der Waals surface area contributed by atoms with Crippen molar-refractivity contribution in [3.63, 3.8) is 0 Å². The van der Waals surface area contributed by atoms with Crippen LogP contribution in [0, 0.1) is 10.1 Å².